The van der Waals surface area contributed by atoms with Crippen molar-refractivity contribution in [2.75, 3.05) is 6.61 Å². The van der Waals surface area contributed by atoms with Gasteiger partial charge in [-0.25, -0.2) is 14.8 Å². The number of esters is 1. The SMILES string of the molecule is CCOC(=O)c1ccnc(C=NO)n1. The van der Waals surface area contributed by atoms with E-state index >= 15 is 0 Å². The fourth-order valence-electron chi connectivity index (χ4n) is 0.806. The number of carbonyl (C=O) groups excluding carboxylic acids is 1. The molecule has 0 atom stereocenters. The van der Waals surface area contributed by atoms with E-state index in [0.717, 1.165) is 6.21 Å². The number of hydrogen-bond donors (Lipinski definition) is 1. The van der Waals surface area contributed by atoms with Crippen LogP contribution in [-0.4, -0.2) is 34.0 Å². The van der Waals surface area contributed by atoms with E-state index in [2.05, 4.69) is 15.1 Å². The highest BCUT2D eigenvalue weighted by atomic mass is 16.5. The molecule has 0 aromatic carbocycles. The van der Waals surface area contributed by atoms with Crippen LogP contribution < -0.4 is 0 Å². The highest BCUT2D eigenvalue weighted by Crippen LogP contribution is 1.97. The molecule has 1 heterocycles. The summed E-state index contributed by atoms with van der Waals surface area (Å²) in [6.45, 7) is 1.99. The predicted molar refractivity (Wildman–Crippen MR) is 47.4 cm³/mol. The lowest BCUT2D eigenvalue weighted by Gasteiger charge is -2.00. The van der Waals surface area contributed by atoms with Gasteiger partial charge in [0.25, 0.3) is 0 Å². The Morgan fingerprint density at radius 2 is 2.57 bits per heavy atom. The molecule has 0 radical (unpaired) electrons. The Bertz CT molecular complexity index is 351. The standard InChI is InChI=1S/C8H9N3O3/c1-2-14-8(12)6-3-4-9-7(11-6)5-10-13/h3-5,13H,2H2,1H3. The van der Waals surface area contributed by atoms with Crippen molar-refractivity contribution in [2.24, 2.45) is 5.16 Å². The van der Waals surface area contributed by atoms with E-state index in [1.54, 1.807) is 6.92 Å². The molecule has 6 heteroatoms. The van der Waals surface area contributed by atoms with Gasteiger partial charge in [-0.15, -0.1) is 0 Å². The van der Waals surface area contributed by atoms with E-state index < -0.39 is 5.97 Å². The van der Waals surface area contributed by atoms with Crippen LogP contribution in [0.15, 0.2) is 17.4 Å². The van der Waals surface area contributed by atoms with E-state index in [9.17, 15) is 4.79 Å². The van der Waals surface area contributed by atoms with Gasteiger partial charge in [-0.05, 0) is 13.0 Å². The minimum Gasteiger partial charge on any atom is -0.461 e. The molecule has 1 aromatic heterocycles. The molecule has 0 fully saturated rings. The Hall–Kier alpha value is -1.98. The fraction of sp³-hybridized carbons (Fsp3) is 0.250. The number of carbonyl (C=O) groups is 1. The third kappa shape index (κ3) is 2.51. The van der Waals surface area contributed by atoms with Gasteiger partial charge in [0.15, 0.2) is 11.5 Å². The molecule has 0 aliphatic carbocycles. The molecule has 1 N–H and O–H groups in total. The van der Waals surface area contributed by atoms with Gasteiger partial charge in [-0.1, -0.05) is 5.16 Å². The molecular weight excluding hydrogens is 186 g/mol. The Balaban J connectivity index is 2.87. The predicted octanol–water partition coefficient (Wildman–Crippen LogP) is 0.461. The highest BCUT2D eigenvalue weighted by Gasteiger charge is 2.08. The van der Waals surface area contributed by atoms with Crippen LogP contribution in [0.5, 0.6) is 0 Å². The maximum Gasteiger partial charge on any atom is 0.357 e. The molecule has 6 nitrogen and oxygen atoms in total. The normalized spacial score (nSPS) is 10.4. The van der Waals surface area contributed by atoms with Crippen molar-refractivity contribution in [3.05, 3.63) is 23.8 Å². The van der Waals surface area contributed by atoms with E-state index in [1.165, 1.54) is 12.3 Å². The van der Waals surface area contributed by atoms with Crippen LogP contribution in [0, 0.1) is 0 Å². The van der Waals surface area contributed by atoms with Crippen molar-refractivity contribution in [2.45, 2.75) is 6.92 Å². The molecule has 0 aliphatic heterocycles. The number of aromatic nitrogens is 2. The van der Waals surface area contributed by atoms with Gasteiger partial charge in [0.05, 0.1) is 6.61 Å². The quantitative estimate of drug-likeness (QED) is 0.328. The van der Waals surface area contributed by atoms with Crippen LogP contribution in [0.25, 0.3) is 0 Å². The molecular formula is C8H9N3O3. The molecule has 0 spiro atoms. The summed E-state index contributed by atoms with van der Waals surface area (Å²) in [4.78, 5) is 18.7. The second-order valence-electron chi connectivity index (χ2n) is 2.27. The third-order valence-electron chi connectivity index (χ3n) is 1.33. The van der Waals surface area contributed by atoms with Crippen molar-refractivity contribution >= 4 is 12.2 Å². The summed E-state index contributed by atoms with van der Waals surface area (Å²) in [6.07, 6.45) is 2.42. The summed E-state index contributed by atoms with van der Waals surface area (Å²) in [7, 11) is 0. The Morgan fingerprint density at radius 1 is 1.79 bits per heavy atom. The van der Waals surface area contributed by atoms with Crippen molar-refractivity contribution < 1.29 is 14.7 Å². The Labute approximate surface area is 80.2 Å². The second-order valence-corrected chi connectivity index (χ2v) is 2.27. The smallest absolute Gasteiger partial charge is 0.357 e. The summed E-state index contributed by atoms with van der Waals surface area (Å²) in [6, 6.07) is 1.42. The molecule has 0 saturated heterocycles. The van der Waals surface area contributed by atoms with Crippen LogP contribution in [0.2, 0.25) is 0 Å². The molecule has 14 heavy (non-hydrogen) atoms. The average molecular weight is 195 g/mol. The number of nitrogens with zero attached hydrogens (tertiary/aromatic N) is 3. The van der Waals surface area contributed by atoms with Crippen LogP contribution in [-0.2, 0) is 4.74 Å². The number of ether oxygens (including phenoxy) is 1. The first-order valence-corrected chi connectivity index (χ1v) is 3.95. The number of rotatable bonds is 3. The molecule has 0 amide bonds. The van der Waals surface area contributed by atoms with Crippen LogP contribution in [0.3, 0.4) is 0 Å². The van der Waals surface area contributed by atoms with Gasteiger partial charge in [-0.2, -0.15) is 0 Å². The van der Waals surface area contributed by atoms with Crippen molar-refractivity contribution in [3.63, 3.8) is 0 Å². The zero-order chi connectivity index (χ0) is 10.4. The average Bonchev–Trinajstić information content (AvgIpc) is 2.19. The van der Waals surface area contributed by atoms with Gasteiger partial charge in [0.2, 0.25) is 0 Å². The van der Waals surface area contributed by atoms with Crippen LogP contribution in [0.1, 0.15) is 23.2 Å². The third-order valence-corrected chi connectivity index (χ3v) is 1.33. The van der Waals surface area contributed by atoms with Crippen molar-refractivity contribution in [3.8, 4) is 0 Å². The summed E-state index contributed by atoms with van der Waals surface area (Å²) in [5.41, 5.74) is 0.136. The number of hydrogen-bond acceptors (Lipinski definition) is 6. The zero-order valence-corrected chi connectivity index (χ0v) is 7.54. The molecule has 74 valence electrons. The first-order valence-electron chi connectivity index (χ1n) is 3.95. The lowest BCUT2D eigenvalue weighted by molar-refractivity contribution is 0.0519. The van der Waals surface area contributed by atoms with E-state index in [0.29, 0.717) is 0 Å². The first-order chi connectivity index (χ1) is 6.77. The molecule has 0 aliphatic rings. The Morgan fingerprint density at radius 3 is 3.21 bits per heavy atom. The van der Waals surface area contributed by atoms with E-state index in [4.69, 9.17) is 9.94 Å². The van der Waals surface area contributed by atoms with Gasteiger partial charge >= 0.3 is 5.97 Å². The lowest BCUT2D eigenvalue weighted by Crippen LogP contribution is -2.09. The largest absolute Gasteiger partial charge is 0.461 e. The second kappa shape index (κ2) is 4.90. The van der Waals surface area contributed by atoms with Crippen LogP contribution in [0.4, 0.5) is 0 Å². The maximum atomic E-state index is 11.2. The molecule has 0 bridgehead atoms. The zero-order valence-electron chi connectivity index (χ0n) is 7.54. The van der Waals surface area contributed by atoms with Gasteiger partial charge in [0.1, 0.15) is 6.21 Å². The summed E-state index contributed by atoms with van der Waals surface area (Å²) in [5.74, 6) is -0.374. The monoisotopic (exact) mass is 195 g/mol. The summed E-state index contributed by atoms with van der Waals surface area (Å²) in [5, 5.41) is 11.0. The molecule has 0 unspecified atom stereocenters. The first kappa shape index (κ1) is 10.1. The van der Waals surface area contributed by atoms with Crippen molar-refractivity contribution in [1.29, 1.82) is 0 Å². The minimum atomic E-state index is -0.525. The maximum absolute atomic E-state index is 11.2. The van der Waals surface area contributed by atoms with E-state index in [1.807, 2.05) is 0 Å². The van der Waals surface area contributed by atoms with Gasteiger partial charge < -0.3 is 9.94 Å². The molecule has 1 aromatic rings. The van der Waals surface area contributed by atoms with Gasteiger partial charge in [-0.3, -0.25) is 0 Å². The molecule has 1 rings (SSSR count). The van der Waals surface area contributed by atoms with Gasteiger partial charge in [0, 0.05) is 6.20 Å². The number of oxime groups is 1. The topological polar surface area (TPSA) is 84.7 Å². The summed E-state index contributed by atoms with van der Waals surface area (Å²) >= 11 is 0. The summed E-state index contributed by atoms with van der Waals surface area (Å²) < 4.78 is 4.72. The van der Waals surface area contributed by atoms with Crippen molar-refractivity contribution in [1.82, 2.24) is 9.97 Å². The van der Waals surface area contributed by atoms with E-state index in [-0.39, 0.29) is 18.1 Å². The molecule has 0 saturated carbocycles. The highest BCUT2D eigenvalue weighted by molar-refractivity contribution is 5.88. The minimum absolute atomic E-state index is 0.136. The Kier molecular flexibility index (Phi) is 3.54. The lowest BCUT2D eigenvalue weighted by atomic mass is 10.4. The van der Waals surface area contributed by atoms with Crippen LogP contribution >= 0.6 is 0 Å². The fourth-order valence-corrected chi connectivity index (χ4v) is 0.806.